The van der Waals surface area contributed by atoms with Crippen molar-refractivity contribution in [2.75, 3.05) is 41.9 Å². The molecule has 0 aliphatic heterocycles. The van der Waals surface area contributed by atoms with Gasteiger partial charge in [0.2, 0.25) is 0 Å². The standard InChI is InChI=1S/C21H33N5O3.HI/c1-14(2)17-11-16(29-25-17)12-23-21(22-3)24-13-18(26(4)5)15-8-9-19(27-6)20(10-15)28-7;/h8-11,14,18H,12-13H2,1-7H3,(H2,22,23,24);1H. The van der Waals surface area contributed by atoms with E-state index in [4.69, 9.17) is 14.0 Å². The van der Waals surface area contributed by atoms with Crippen molar-refractivity contribution < 1.29 is 14.0 Å². The van der Waals surface area contributed by atoms with Gasteiger partial charge in [0.05, 0.1) is 32.5 Å². The minimum atomic E-state index is 0. The highest BCUT2D eigenvalue weighted by Crippen LogP contribution is 2.31. The van der Waals surface area contributed by atoms with Crippen LogP contribution in [0, 0.1) is 0 Å². The number of aromatic nitrogens is 1. The summed E-state index contributed by atoms with van der Waals surface area (Å²) in [6, 6.07) is 8.06. The van der Waals surface area contributed by atoms with E-state index >= 15 is 0 Å². The average molecular weight is 531 g/mol. The number of nitrogens with one attached hydrogen (secondary N) is 2. The number of rotatable bonds is 9. The normalized spacial score (nSPS) is 12.5. The second-order valence-corrected chi connectivity index (χ2v) is 7.27. The summed E-state index contributed by atoms with van der Waals surface area (Å²) < 4.78 is 16.2. The number of guanidine groups is 1. The van der Waals surface area contributed by atoms with Crippen molar-refractivity contribution in [3.8, 4) is 11.5 Å². The zero-order valence-electron chi connectivity index (χ0n) is 18.9. The van der Waals surface area contributed by atoms with E-state index in [-0.39, 0.29) is 30.0 Å². The third-order valence-electron chi connectivity index (χ3n) is 4.70. The predicted molar refractivity (Wildman–Crippen MR) is 130 cm³/mol. The molecule has 0 aliphatic carbocycles. The number of aliphatic imine (C=N–C) groups is 1. The molecule has 168 valence electrons. The molecule has 9 heteroatoms. The minimum Gasteiger partial charge on any atom is -0.493 e. The van der Waals surface area contributed by atoms with Crippen LogP contribution in [0.5, 0.6) is 11.5 Å². The molecule has 1 aromatic heterocycles. The maximum atomic E-state index is 5.44. The molecule has 2 rings (SSSR count). The van der Waals surface area contributed by atoms with Gasteiger partial charge in [-0.1, -0.05) is 25.1 Å². The third kappa shape index (κ3) is 7.05. The highest BCUT2D eigenvalue weighted by Gasteiger charge is 2.17. The summed E-state index contributed by atoms with van der Waals surface area (Å²) in [5.41, 5.74) is 2.07. The zero-order valence-corrected chi connectivity index (χ0v) is 21.2. The molecule has 1 atom stereocenters. The summed E-state index contributed by atoms with van der Waals surface area (Å²) in [4.78, 5) is 6.45. The molecule has 0 fully saturated rings. The molecular formula is C21H34IN5O3. The van der Waals surface area contributed by atoms with Crippen molar-refractivity contribution in [3.05, 3.63) is 41.3 Å². The molecule has 0 bridgehead atoms. The lowest BCUT2D eigenvalue weighted by molar-refractivity contribution is 0.295. The molecule has 0 radical (unpaired) electrons. The summed E-state index contributed by atoms with van der Waals surface area (Å²) in [6.07, 6.45) is 0. The van der Waals surface area contributed by atoms with Crippen LogP contribution in [0.15, 0.2) is 33.8 Å². The molecule has 2 aromatic rings. The Morgan fingerprint density at radius 2 is 1.83 bits per heavy atom. The second-order valence-electron chi connectivity index (χ2n) is 7.27. The molecule has 8 nitrogen and oxygen atoms in total. The van der Waals surface area contributed by atoms with E-state index in [2.05, 4.69) is 39.5 Å². The number of ether oxygens (including phenoxy) is 2. The quantitative estimate of drug-likeness (QED) is 0.292. The number of hydrogen-bond acceptors (Lipinski definition) is 6. The maximum Gasteiger partial charge on any atom is 0.191 e. The van der Waals surface area contributed by atoms with Crippen LogP contribution in [0.1, 0.15) is 42.8 Å². The van der Waals surface area contributed by atoms with Crippen LogP contribution in [0.25, 0.3) is 0 Å². The Bertz CT molecular complexity index is 808. The fourth-order valence-corrected chi connectivity index (χ4v) is 2.93. The molecule has 0 saturated carbocycles. The molecule has 1 unspecified atom stereocenters. The Morgan fingerprint density at radius 1 is 1.13 bits per heavy atom. The van der Waals surface area contributed by atoms with Crippen LogP contribution in [-0.4, -0.2) is 57.9 Å². The van der Waals surface area contributed by atoms with Gasteiger partial charge in [-0.2, -0.15) is 0 Å². The van der Waals surface area contributed by atoms with E-state index in [1.54, 1.807) is 21.3 Å². The van der Waals surface area contributed by atoms with Gasteiger partial charge in [-0.25, -0.2) is 0 Å². The molecular weight excluding hydrogens is 497 g/mol. The first-order valence-electron chi connectivity index (χ1n) is 9.67. The number of nitrogens with zero attached hydrogens (tertiary/aromatic N) is 3. The Balaban J connectivity index is 0.00000450. The number of hydrogen-bond donors (Lipinski definition) is 2. The Labute approximate surface area is 196 Å². The SMILES string of the molecule is CN=C(NCc1cc(C(C)C)no1)NCC(c1ccc(OC)c(OC)c1)N(C)C.I. The highest BCUT2D eigenvalue weighted by atomic mass is 127. The molecule has 0 saturated heterocycles. The van der Waals surface area contributed by atoms with Gasteiger partial charge in [-0.3, -0.25) is 4.99 Å². The summed E-state index contributed by atoms with van der Waals surface area (Å²) in [6.45, 7) is 5.36. The lowest BCUT2D eigenvalue weighted by atomic mass is 10.1. The van der Waals surface area contributed by atoms with Crippen molar-refractivity contribution >= 4 is 29.9 Å². The molecule has 0 aliphatic rings. The molecule has 1 heterocycles. The lowest BCUT2D eigenvalue weighted by Gasteiger charge is -2.26. The fourth-order valence-electron chi connectivity index (χ4n) is 2.93. The van der Waals surface area contributed by atoms with Gasteiger partial charge in [-0.05, 0) is 37.7 Å². The van der Waals surface area contributed by atoms with Crippen molar-refractivity contribution in [2.24, 2.45) is 4.99 Å². The van der Waals surface area contributed by atoms with Crippen LogP contribution >= 0.6 is 24.0 Å². The topological polar surface area (TPSA) is 84.2 Å². The largest absolute Gasteiger partial charge is 0.493 e. The zero-order chi connectivity index (χ0) is 21.4. The first-order chi connectivity index (χ1) is 13.9. The number of likely N-dealkylation sites (N-methyl/N-ethyl adjacent to an activating group) is 1. The van der Waals surface area contributed by atoms with E-state index in [9.17, 15) is 0 Å². The van der Waals surface area contributed by atoms with Crippen molar-refractivity contribution in [3.63, 3.8) is 0 Å². The third-order valence-corrected chi connectivity index (χ3v) is 4.70. The summed E-state index contributed by atoms with van der Waals surface area (Å²) in [7, 11) is 9.11. The molecule has 0 spiro atoms. The summed E-state index contributed by atoms with van der Waals surface area (Å²) >= 11 is 0. The smallest absolute Gasteiger partial charge is 0.191 e. The van der Waals surface area contributed by atoms with Gasteiger partial charge < -0.3 is 29.5 Å². The van der Waals surface area contributed by atoms with Crippen molar-refractivity contribution in [2.45, 2.75) is 32.4 Å². The molecule has 30 heavy (non-hydrogen) atoms. The van der Waals surface area contributed by atoms with Crippen LogP contribution in [0.3, 0.4) is 0 Å². The van der Waals surface area contributed by atoms with Crippen LogP contribution in [0.4, 0.5) is 0 Å². The van der Waals surface area contributed by atoms with Gasteiger partial charge in [0.15, 0.2) is 23.2 Å². The van der Waals surface area contributed by atoms with E-state index in [1.165, 1.54) is 0 Å². The van der Waals surface area contributed by atoms with Crippen LogP contribution < -0.4 is 20.1 Å². The van der Waals surface area contributed by atoms with E-state index in [0.29, 0.717) is 36.5 Å². The number of methoxy groups -OCH3 is 2. The second kappa shape index (κ2) is 12.6. The molecule has 0 amide bonds. The van der Waals surface area contributed by atoms with Crippen LogP contribution in [-0.2, 0) is 6.54 Å². The summed E-state index contributed by atoms with van der Waals surface area (Å²) in [5, 5.41) is 10.7. The lowest BCUT2D eigenvalue weighted by Crippen LogP contribution is -2.41. The maximum absolute atomic E-state index is 5.44. The van der Waals surface area contributed by atoms with Crippen LogP contribution in [0.2, 0.25) is 0 Å². The van der Waals surface area contributed by atoms with Crippen molar-refractivity contribution in [1.82, 2.24) is 20.7 Å². The predicted octanol–water partition coefficient (Wildman–Crippen LogP) is 3.40. The van der Waals surface area contributed by atoms with Crippen molar-refractivity contribution in [1.29, 1.82) is 0 Å². The minimum absolute atomic E-state index is 0. The first-order valence-corrected chi connectivity index (χ1v) is 9.67. The average Bonchev–Trinajstić information content (AvgIpc) is 3.19. The monoisotopic (exact) mass is 531 g/mol. The van der Waals surface area contributed by atoms with Gasteiger partial charge in [0.25, 0.3) is 0 Å². The molecule has 1 aromatic carbocycles. The Hall–Kier alpha value is -2.01. The van der Waals surface area contributed by atoms with E-state index in [1.807, 2.05) is 38.4 Å². The van der Waals surface area contributed by atoms with E-state index < -0.39 is 0 Å². The Morgan fingerprint density at radius 3 is 2.37 bits per heavy atom. The van der Waals surface area contributed by atoms with Gasteiger partial charge in [0.1, 0.15) is 0 Å². The number of benzene rings is 1. The summed E-state index contributed by atoms with van der Waals surface area (Å²) in [5.74, 6) is 3.24. The first kappa shape index (κ1) is 26.0. The molecule has 2 N–H and O–H groups in total. The fraction of sp³-hybridized carbons (Fsp3) is 0.524. The Kier molecular flexibility index (Phi) is 11.0. The number of halogens is 1. The van der Waals surface area contributed by atoms with Gasteiger partial charge in [0, 0.05) is 19.7 Å². The van der Waals surface area contributed by atoms with Gasteiger partial charge in [-0.15, -0.1) is 24.0 Å². The van der Waals surface area contributed by atoms with E-state index in [0.717, 1.165) is 17.0 Å². The highest BCUT2D eigenvalue weighted by molar-refractivity contribution is 14.0. The van der Waals surface area contributed by atoms with Gasteiger partial charge >= 0.3 is 0 Å².